The molecule has 0 radical (unpaired) electrons. The summed E-state index contributed by atoms with van der Waals surface area (Å²) in [5.74, 6) is 0. The summed E-state index contributed by atoms with van der Waals surface area (Å²) in [4.78, 5) is 0. The van der Waals surface area contributed by atoms with Gasteiger partial charge in [0, 0.05) is 6.04 Å². The van der Waals surface area contributed by atoms with Crippen LogP contribution in [0, 0.1) is 6.92 Å². The zero-order chi connectivity index (χ0) is 14.6. The Kier molecular flexibility index (Phi) is 9.40. The van der Waals surface area contributed by atoms with Crippen molar-refractivity contribution < 1.29 is 0 Å². The van der Waals surface area contributed by atoms with Gasteiger partial charge in [-0.2, -0.15) is 0 Å². The Morgan fingerprint density at radius 3 is 2.35 bits per heavy atom. The van der Waals surface area contributed by atoms with Crippen LogP contribution in [0.1, 0.15) is 75.8 Å². The van der Waals surface area contributed by atoms with Crippen LogP contribution in [0.3, 0.4) is 0 Å². The first-order chi connectivity index (χ1) is 9.72. The molecular formula is C19H33N. The van der Waals surface area contributed by atoms with E-state index in [1.807, 2.05) is 0 Å². The van der Waals surface area contributed by atoms with Gasteiger partial charge in [-0.25, -0.2) is 0 Å². The molecule has 0 aromatic heterocycles. The summed E-state index contributed by atoms with van der Waals surface area (Å²) in [5, 5.41) is 0. The van der Waals surface area contributed by atoms with Gasteiger partial charge in [-0.1, -0.05) is 81.7 Å². The molecule has 0 heterocycles. The number of nitrogens with two attached hydrogens (primary N) is 1. The van der Waals surface area contributed by atoms with Crippen LogP contribution in [0.4, 0.5) is 0 Å². The maximum absolute atomic E-state index is 6.22. The summed E-state index contributed by atoms with van der Waals surface area (Å²) in [5.41, 5.74) is 9.00. The molecule has 0 bridgehead atoms. The highest BCUT2D eigenvalue weighted by molar-refractivity contribution is 5.22. The summed E-state index contributed by atoms with van der Waals surface area (Å²) in [6.07, 6.45) is 13.1. The Hall–Kier alpha value is -0.820. The molecule has 0 saturated carbocycles. The van der Waals surface area contributed by atoms with E-state index in [4.69, 9.17) is 5.73 Å². The molecule has 0 aliphatic heterocycles. The second-order valence-corrected chi connectivity index (χ2v) is 6.20. The topological polar surface area (TPSA) is 26.0 Å². The van der Waals surface area contributed by atoms with E-state index in [1.165, 1.54) is 62.5 Å². The first-order valence-electron chi connectivity index (χ1n) is 8.53. The average Bonchev–Trinajstić information content (AvgIpc) is 2.44. The number of aryl methyl sites for hydroxylation is 2. The van der Waals surface area contributed by atoms with Crippen LogP contribution in [-0.2, 0) is 6.42 Å². The van der Waals surface area contributed by atoms with Crippen molar-refractivity contribution in [2.45, 2.75) is 84.1 Å². The molecule has 0 spiro atoms. The van der Waals surface area contributed by atoms with Crippen LogP contribution >= 0.6 is 0 Å². The van der Waals surface area contributed by atoms with Gasteiger partial charge in [-0.05, 0) is 31.7 Å². The van der Waals surface area contributed by atoms with E-state index in [9.17, 15) is 0 Å². The normalized spacial score (nSPS) is 12.6. The first-order valence-corrected chi connectivity index (χ1v) is 8.53. The molecule has 0 fully saturated rings. The molecule has 0 amide bonds. The molecule has 114 valence electrons. The van der Waals surface area contributed by atoms with Crippen LogP contribution in [0.25, 0.3) is 0 Å². The maximum atomic E-state index is 6.22. The third-order valence-corrected chi connectivity index (χ3v) is 4.06. The second kappa shape index (κ2) is 10.9. The summed E-state index contributed by atoms with van der Waals surface area (Å²) in [7, 11) is 0. The van der Waals surface area contributed by atoms with Gasteiger partial charge in [0.2, 0.25) is 0 Å². The predicted molar refractivity (Wildman–Crippen MR) is 90.1 cm³/mol. The lowest BCUT2D eigenvalue weighted by molar-refractivity contribution is 0.510. The van der Waals surface area contributed by atoms with Crippen LogP contribution in [0.2, 0.25) is 0 Å². The van der Waals surface area contributed by atoms with Crippen LogP contribution in [-0.4, -0.2) is 6.04 Å². The predicted octanol–water partition coefficient (Wildman–Crippen LogP) is 5.40. The molecule has 0 aliphatic carbocycles. The van der Waals surface area contributed by atoms with Crippen molar-refractivity contribution in [3.05, 3.63) is 35.4 Å². The van der Waals surface area contributed by atoms with E-state index >= 15 is 0 Å². The van der Waals surface area contributed by atoms with Crippen molar-refractivity contribution in [1.29, 1.82) is 0 Å². The minimum atomic E-state index is 0.381. The highest BCUT2D eigenvalue weighted by Crippen LogP contribution is 2.12. The van der Waals surface area contributed by atoms with Crippen molar-refractivity contribution >= 4 is 0 Å². The molecule has 0 aliphatic rings. The Morgan fingerprint density at radius 1 is 0.950 bits per heavy atom. The lowest BCUT2D eigenvalue weighted by atomic mass is 9.99. The lowest BCUT2D eigenvalue weighted by Gasteiger charge is -2.11. The second-order valence-electron chi connectivity index (χ2n) is 6.20. The van der Waals surface area contributed by atoms with E-state index in [0.29, 0.717) is 6.04 Å². The molecule has 1 heteroatoms. The Morgan fingerprint density at radius 2 is 1.65 bits per heavy atom. The van der Waals surface area contributed by atoms with E-state index in [-0.39, 0.29) is 0 Å². The van der Waals surface area contributed by atoms with Gasteiger partial charge < -0.3 is 5.73 Å². The van der Waals surface area contributed by atoms with Gasteiger partial charge in [0.15, 0.2) is 0 Å². The van der Waals surface area contributed by atoms with Crippen molar-refractivity contribution in [2.75, 3.05) is 0 Å². The first kappa shape index (κ1) is 17.2. The third kappa shape index (κ3) is 8.37. The molecule has 1 atom stereocenters. The van der Waals surface area contributed by atoms with Crippen molar-refractivity contribution in [2.24, 2.45) is 5.73 Å². The quantitative estimate of drug-likeness (QED) is 0.538. The fraction of sp³-hybridized carbons (Fsp3) is 0.684. The van der Waals surface area contributed by atoms with Crippen molar-refractivity contribution in [3.63, 3.8) is 0 Å². The molecule has 1 nitrogen and oxygen atoms in total. The molecule has 0 saturated heterocycles. The summed E-state index contributed by atoms with van der Waals surface area (Å²) in [6, 6.07) is 9.17. The van der Waals surface area contributed by atoms with Gasteiger partial charge in [0.25, 0.3) is 0 Å². The highest BCUT2D eigenvalue weighted by atomic mass is 14.6. The monoisotopic (exact) mass is 275 g/mol. The third-order valence-electron chi connectivity index (χ3n) is 4.06. The number of hydrogen-bond acceptors (Lipinski definition) is 1. The Labute approximate surface area is 126 Å². The van der Waals surface area contributed by atoms with Gasteiger partial charge >= 0.3 is 0 Å². The molecule has 1 rings (SSSR count). The molecule has 1 aromatic carbocycles. The van der Waals surface area contributed by atoms with E-state index in [1.54, 1.807) is 0 Å². The lowest BCUT2D eigenvalue weighted by Crippen LogP contribution is -2.20. The number of benzene rings is 1. The zero-order valence-electron chi connectivity index (χ0n) is 13.5. The van der Waals surface area contributed by atoms with Crippen molar-refractivity contribution in [1.82, 2.24) is 0 Å². The smallest absolute Gasteiger partial charge is 0.00419 e. The van der Waals surface area contributed by atoms with Crippen LogP contribution < -0.4 is 5.73 Å². The van der Waals surface area contributed by atoms with Gasteiger partial charge in [-0.3, -0.25) is 0 Å². The van der Waals surface area contributed by atoms with E-state index in [0.717, 1.165) is 12.8 Å². The van der Waals surface area contributed by atoms with Gasteiger partial charge in [-0.15, -0.1) is 0 Å². The van der Waals surface area contributed by atoms with Crippen molar-refractivity contribution in [3.8, 4) is 0 Å². The molecule has 2 N–H and O–H groups in total. The van der Waals surface area contributed by atoms with E-state index in [2.05, 4.69) is 38.1 Å². The summed E-state index contributed by atoms with van der Waals surface area (Å²) < 4.78 is 0. The molecular weight excluding hydrogens is 242 g/mol. The van der Waals surface area contributed by atoms with E-state index < -0.39 is 0 Å². The zero-order valence-corrected chi connectivity index (χ0v) is 13.5. The Bertz CT molecular complexity index is 345. The average molecular weight is 275 g/mol. The molecule has 20 heavy (non-hydrogen) atoms. The summed E-state index contributed by atoms with van der Waals surface area (Å²) in [6.45, 7) is 4.43. The van der Waals surface area contributed by atoms with Gasteiger partial charge in [0.05, 0.1) is 0 Å². The van der Waals surface area contributed by atoms with Crippen LogP contribution in [0.15, 0.2) is 24.3 Å². The maximum Gasteiger partial charge on any atom is 0.00419 e. The largest absolute Gasteiger partial charge is 0.328 e. The SMILES string of the molecule is CCCCCCCCCC(N)CCc1cccc(C)c1. The fourth-order valence-corrected chi connectivity index (χ4v) is 2.73. The standard InChI is InChI=1S/C19H33N/c1-3-4-5-6-7-8-9-13-19(20)15-14-18-12-10-11-17(2)16-18/h10-12,16,19H,3-9,13-15,20H2,1-2H3. The minimum Gasteiger partial charge on any atom is -0.328 e. The number of unbranched alkanes of at least 4 members (excludes halogenated alkanes) is 6. The number of hydrogen-bond donors (Lipinski definition) is 1. The van der Waals surface area contributed by atoms with Gasteiger partial charge in [0.1, 0.15) is 0 Å². The molecule has 1 unspecified atom stereocenters. The number of rotatable bonds is 11. The Balaban J connectivity index is 2.01. The summed E-state index contributed by atoms with van der Waals surface area (Å²) >= 11 is 0. The molecule has 1 aromatic rings. The van der Waals surface area contributed by atoms with Crippen LogP contribution in [0.5, 0.6) is 0 Å². The highest BCUT2D eigenvalue weighted by Gasteiger charge is 2.03. The minimum absolute atomic E-state index is 0.381. The fourth-order valence-electron chi connectivity index (χ4n) is 2.73.